The monoisotopic (exact) mass is 451 g/mol. The molecule has 0 aliphatic carbocycles. The summed E-state index contributed by atoms with van der Waals surface area (Å²) < 4.78 is 11.6. The molecule has 5 nitrogen and oxygen atoms in total. The van der Waals surface area contributed by atoms with Crippen LogP contribution in [0.2, 0.25) is 0 Å². The van der Waals surface area contributed by atoms with Gasteiger partial charge < -0.3 is 4.90 Å². The molecule has 2 aliphatic heterocycles. The van der Waals surface area contributed by atoms with Crippen molar-refractivity contribution in [1.29, 1.82) is 0 Å². The van der Waals surface area contributed by atoms with E-state index in [2.05, 4.69) is 54.0 Å². The fourth-order valence-corrected chi connectivity index (χ4v) is 5.04. The van der Waals surface area contributed by atoms with Crippen LogP contribution < -0.4 is 0 Å². The van der Waals surface area contributed by atoms with E-state index >= 15 is 0 Å². The standard InChI is InChI=1S/C26H33N3O2S/c1-4-20(2)28-13-15-29(16-14-28)26(30)19-27-12-11-23-17-22(5-6-24(23)18-27)21-7-9-25(10-8-21)32(3)31/h5-7,9,17,20H,4,11-16,18-19H2,1-3H3. The number of hydrogen-bond donors (Lipinski definition) is 0. The van der Waals surface area contributed by atoms with E-state index in [4.69, 9.17) is 0 Å². The lowest BCUT2D eigenvalue weighted by Gasteiger charge is -2.39. The quantitative estimate of drug-likeness (QED) is 0.677. The number of piperazine rings is 1. The van der Waals surface area contributed by atoms with E-state index in [1.165, 1.54) is 11.1 Å². The molecule has 2 aromatic carbocycles. The van der Waals surface area contributed by atoms with Crippen molar-refractivity contribution in [2.45, 2.75) is 44.2 Å². The second-order valence-corrected chi connectivity index (χ2v) is 10.3. The molecule has 170 valence electrons. The first-order valence-corrected chi connectivity index (χ1v) is 13.1. The highest BCUT2D eigenvalue weighted by molar-refractivity contribution is 7.84. The summed E-state index contributed by atoms with van der Waals surface area (Å²) in [7, 11) is -1.04. The van der Waals surface area contributed by atoms with E-state index in [0.717, 1.165) is 63.2 Å². The van der Waals surface area contributed by atoms with E-state index in [1.807, 2.05) is 17.0 Å². The van der Waals surface area contributed by atoms with E-state index in [1.54, 1.807) is 6.26 Å². The molecule has 0 aromatic heterocycles. The Morgan fingerprint density at radius 1 is 1.06 bits per heavy atom. The average molecular weight is 452 g/mol. The SMILES string of the molecule is CCC(C)N1CCN(C(=O)CN2CCc3cc(-c4c#cc(S(C)=O)cc4)ccc3C2)CC1. The Labute approximate surface area is 194 Å². The molecule has 0 bridgehead atoms. The van der Waals surface area contributed by atoms with Gasteiger partial charge in [-0.25, -0.2) is 0 Å². The molecular weight excluding hydrogens is 418 g/mol. The topological polar surface area (TPSA) is 43.9 Å². The maximum atomic E-state index is 12.9. The minimum absolute atomic E-state index is 0.257. The Kier molecular flexibility index (Phi) is 7.30. The van der Waals surface area contributed by atoms with Crippen molar-refractivity contribution < 1.29 is 9.00 Å². The van der Waals surface area contributed by atoms with Gasteiger partial charge in [0.1, 0.15) is 0 Å². The van der Waals surface area contributed by atoms with Crippen molar-refractivity contribution in [2.75, 3.05) is 45.5 Å². The number of fused-ring (bicyclic) bond motifs is 1. The molecule has 32 heavy (non-hydrogen) atoms. The van der Waals surface area contributed by atoms with Gasteiger partial charge in [0.15, 0.2) is 0 Å². The Hall–Kier alpha value is -2.20. The van der Waals surface area contributed by atoms with Gasteiger partial charge in [-0.05, 0) is 48.6 Å². The zero-order valence-electron chi connectivity index (χ0n) is 19.4. The van der Waals surface area contributed by atoms with Gasteiger partial charge in [0, 0.05) is 57.1 Å². The molecular formula is C26H33N3O2S. The van der Waals surface area contributed by atoms with E-state index in [9.17, 15) is 9.00 Å². The van der Waals surface area contributed by atoms with Gasteiger partial charge in [-0.2, -0.15) is 0 Å². The Morgan fingerprint density at radius 3 is 2.50 bits per heavy atom. The Balaban J connectivity index is 1.34. The van der Waals surface area contributed by atoms with Crippen molar-refractivity contribution in [3.63, 3.8) is 0 Å². The lowest BCUT2D eigenvalue weighted by molar-refractivity contribution is -0.134. The number of nitrogens with zero attached hydrogens (tertiary/aromatic N) is 3. The van der Waals surface area contributed by atoms with Crippen LogP contribution in [0.15, 0.2) is 35.2 Å². The highest BCUT2D eigenvalue weighted by atomic mass is 32.2. The minimum atomic E-state index is -1.04. The van der Waals surface area contributed by atoms with Gasteiger partial charge in [0.05, 0.1) is 22.2 Å². The van der Waals surface area contributed by atoms with Gasteiger partial charge in [-0.1, -0.05) is 37.3 Å². The van der Waals surface area contributed by atoms with E-state index in [-0.39, 0.29) is 5.91 Å². The van der Waals surface area contributed by atoms with Gasteiger partial charge in [-0.3, -0.25) is 18.8 Å². The Morgan fingerprint density at radius 2 is 1.84 bits per heavy atom. The summed E-state index contributed by atoms with van der Waals surface area (Å²) >= 11 is 0. The molecule has 6 heteroatoms. The molecule has 0 radical (unpaired) electrons. The first-order chi connectivity index (χ1) is 15.4. The second kappa shape index (κ2) is 10.2. The number of rotatable bonds is 6. The largest absolute Gasteiger partial charge is 0.339 e. The molecule has 2 aliphatic rings. The maximum absolute atomic E-state index is 12.9. The molecule has 1 amide bonds. The van der Waals surface area contributed by atoms with Crippen molar-refractivity contribution in [3.8, 4) is 11.1 Å². The molecule has 2 aromatic rings. The van der Waals surface area contributed by atoms with Gasteiger partial charge >= 0.3 is 0 Å². The smallest absolute Gasteiger partial charge is 0.236 e. The molecule has 0 N–H and O–H groups in total. The summed E-state index contributed by atoms with van der Waals surface area (Å²) in [5, 5.41) is 0. The van der Waals surface area contributed by atoms with Crippen LogP contribution in [-0.4, -0.2) is 76.4 Å². The predicted molar refractivity (Wildman–Crippen MR) is 129 cm³/mol. The van der Waals surface area contributed by atoms with Crippen LogP contribution in [0.1, 0.15) is 31.4 Å². The molecule has 0 saturated carbocycles. The van der Waals surface area contributed by atoms with Crippen LogP contribution >= 0.6 is 0 Å². The van der Waals surface area contributed by atoms with Crippen molar-refractivity contribution in [1.82, 2.24) is 14.7 Å². The normalized spacial score (nSPS) is 19.2. The van der Waals surface area contributed by atoms with E-state index in [0.29, 0.717) is 17.5 Å². The molecule has 0 spiro atoms. The number of amides is 1. The highest BCUT2D eigenvalue weighted by Crippen LogP contribution is 2.26. The molecule has 1 saturated heterocycles. The van der Waals surface area contributed by atoms with Crippen molar-refractivity contribution in [3.05, 3.63) is 53.6 Å². The summed E-state index contributed by atoms with van der Waals surface area (Å²) in [5.41, 5.74) is 4.71. The molecule has 2 atom stereocenters. The summed E-state index contributed by atoms with van der Waals surface area (Å²) in [5.74, 6) is 0.257. The number of hydrogen-bond acceptors (Lipinski definition) is 4. The predicted octanol–water partition coefficient (Wildman–Crippen LogP) is 2.99. The summed E-state index contributed by atoms with van der Waals surface area (Å²) in [6.45, 7) is 10.4. The summed E-state index contributed by atoms with van der Waals surface area (Å²) in [6, 6.07) is 17.1. The fourth-order valence-electron chi connectivity index (χ4n) is 4.58. The van der Waals surface area contributed by atoms with Crippen molar-refractivity contribution >= 4 is 16.7 Å². The molecule has 4 rings (SSSR count). The first-order valence-electron chi connectivity index (χ1n) is 11.6. The first kappa shape index (κ1) is 23.0. The third-order valence-corrected chi connectivity index (χ3v) is 7.74. The van der Waals surface area contributed by atoms with Crippen LogP contribution in [0.5, 0.6) is 0 Å². The summed E-state index contributed by atoms with van der Waals surface area (Å²) in [6.07, 6.45) is 3.75. The zero-order chi connectivity index (χ0) is 22.7. The lowest BCUT2D eigenvalue weighted by atomic mass is 9.95. The van der Waals surface area contributed by atoms with Crippen LogP contribution in [0, 0.1) is 12.1 Å². The summed E-state index contributed by atoms with van der Waals surface area (Å²) in [4.78, 5) is 20.4. The third-order valence-electron chi connectivity index (χ3n) is 6.88. The zero-order valence-corrected chi connectivity index (χ0v) is 20.2. The minimum Gasteiger partial charge on any atom is -0.339 e. The highest BCUT2D eigenvalue weighted by Gasteiger charge is 2.26. The number of carbonyl (C=O) groups excluding carboxylic acids is 1. The van der Waals surface area contributed by atoms with Crippen LogP contribution in [-0.2, 0) is 28.6 Å². The van der Waals surface area contributed by atoms with Crippen LogP contribution in [0.4, 0.5) is 0 Å². The van der Waals surface area contributed by atoms with Gasteiger partial charge in [-0.15, -0.1) is 0 Å². The molecule has 1 fully saturated rings. The second-order valence-electron chi connectivity index (χ2n) is 8.93. The van der Waals surface area contributed by atoms with Gasteiger partial charge in [0.25, 0.3) is 0 Å². The maximum Gasteiger partial charge on any atom is 0.236 e. The molecule has 2 heterocycles. The number of carbonyl (C=O) groups is 1. The molecule has 2 unspecified atom stereocenters. The lowest BCUT2D eigenvalue weighted by Crippen LogP contribution is -2.53. The fraction of sp³-hybridized carbons (Fsp3) is 0.500. The average Bonchev–Trinajstić information content (AvgIpc) is 2.83. The number of benzene rings is 1. The van der Waals surface area contributed by atoms with Crippen LogP contribution in [0.3, 0.4) is 0 Å². The third kappa shape index (κ3) is 5.23. The Bertz CT molecular complexity index is 968. The van der Waals surface area contributed by atoms with Crippen LogP contribution in [0.25, 0.3) is 11.1 Å². The van der Waals surface area contributed by atoms with E-state index < -0.39 is 10.8 Å². The van der Waals surface area contributed by atoms with Crippen molar-refractivity contribution in [2.24, 2.45) is 0 Å². The van der Waals surface area contributed by atoms with Gasteiger partial charge in [0.2, 0.25) is 5.91 Å².